The number of aliphatic hydroxyl groups is 1. The molecule has 1 amide bonds. The Morgan fingerprint density at radius 3 is 2.65 bits per heavy atom. The molecule has 6 heteroatoms. The topological polar surface area (TPSA) is 76.7 Å². The van der Waals surface area contributed by atoms with Crippen LogP contribution < -0.4 is 9.63 Å². The number of hydrogen-bond donors (Lipinski definition) is 1. The Balaban J connectivity index is 2.96. The van der Waals surface area contributed by atoms with Crippen molar-refractivity contribution in [1.82, 2.24) is 0 Å². The zero-order valence-corrected chi connectivity index (χ0v) is 12.4. The smallest absolute Gasteiger partial charge is 0.507 e. The van der Waals surface area contributed by atoms with Gasteiger partial charge in [-0.15, -0.1) is 0 Å². The summed E-state index contributed by atoms with van der Waals surface area (Å²) in [5, 5.41) is 21.1. The molecule has 1 heterocycles. The Morgan fingerprint density at radius 2 is 2.15 bits per heavy atom. The predicted molar refractivity (Wildman–Crippen MR) is 75.3 cm³/mol. The summed E-state index contributed by atoms with van der Waals surface area (Å²) >= 11 is 0. The van der Waals surface area contributed by atoms with Crippen LogP contribution in [0.1, 0.15) is 34.1 Å². The lowest BCUT2D eigenvalue weighted by Gasteiger charge is -2.24. The van der Waals surface area contributed by atoms with Crippen molar-refractivity contribution in [1.29, 1.82) is 0 Å². The number of aromatic nitrogens is 1. The number of anilines is 1. The fraction of sp³-hybridized carbons (Fsp3) is 0.571. The second kappa shape index (κ2) is 6.56. The van der Waals surface area contributed by atoms with Crippen LogP contribution >= 0.6 is 0 Å². The first-order valence-electron chi connectivity index (χ1n) is 6.57. The monoisotopic (exact) mass is 282 g/mol. The standard InChI is InChI=1S/C14H22N2O4/c1-11(17)8-10-15(13(18)20-14(2,3)4)12-7-5-6-9-16(12)19/h5-7,9,11,17H,8,10H2,1-4H3. The van der Waals surface area contributed by atoms with Crippen LogP contribution in [-0.4, -0.2) is 29.4 Å². The summed E-state index contributed by atoms with van der Waals surface area (Å²) in [6, 6.07) is 4.79. The molecule has 20 heavy (non-hydrogen) atoms. The van der Waals surface area contributed by atoms with Gasteiger partial charge in [0, 0.05) is 12.5 Å². The molecule has 0 aliphatic rings. The van der Waals surface area contributed by atoms with Crippen molar-refractivity contribution < 1.29 is 19.4 Å². The quantitative estimate of drug-likeness (QED) is 0.675. The molecule has 0 bridgehead atoms. The number of hydrogen-bond acceptors (Lipinski definition) is 4. The van der Waals surface area contributed by atoms with Gasteiger partial charge in [-0.2, -0.15) is 9.69 Å². The van der Waals surface area contributed by atoms with Crippen molar-refractivity contribution in [3.8, 4) is 0 Å². The summed E-state index contributed by atoms with van der Waals surface area (Å²) in [4.78, 5) is 13.4. The molecule has 0 fully saturated rings. The van der Waals surface area contributed by atoms with E-state index in [1.807, 2.05) is 0 Å². The Bertz CT molecular complexity index is 455. The van der Waals surface area contributed by atoms with Gasteiger partial charge in [0.25, 0.3) is 5.82 Å². The molecule has 1 atom stereocenters. The largest absolute Gasteiger partial charge is 0.711 e. The van der Waals surface area contributed by atoms with Crippen molar-refractivity contribution in [3.05, 3.63) is 29.6 Å². The van der Waals surface area contributed by atoms with E-state index < -0.39 is 17.8 Å². The van der Waals surface area contributed by atoms with Crippen LogP contribution in [0.2, 0.25) is 0 Å². The van der Waals surface area contributed by atoms with E-state index in [9.17, 15) is 15.1 Å². The van der Waals surface area contributed by atoms with Crippen molar-refractivity contribution in [2.45, 2.75) is 45.8 Å². The first kappa shape index (κ1) is 16.2. The number of carbonyl (C=O) groups excluding carboxylic acids is 1. The maximum absolute atomic E-state index is 12.2. The number of aliphatic hydroxyl groups excluding tert-OH is 1. The third-order valence-corrected chi connectivity index (χ3v) is 2.46. The molecule has 0 spiro atoms. The zero-order chi connectivity index (χ0) is 15.3. The summed E-state index contributed by atoms with van der Waals surface area (Å²) in [5.74, 6) is 0.183. The molecule has 0 aliphatic heterocycles. The van der Waals surface area contributed by atoms with Gasteiger partial charge in [-0.25, -0.2) is 4.73 Å². The second-order valence-electron chi connectivity index (χ2n) is 5.65. The van der Waals surface area contributed by atoms with E-state index in [0.29, 0.717) is 11.2 Å². The summed E-state index contributed by atoms with van der Waals surface area (Å²) in [5.41, 5.74) is -0.650. The molecule has 6 nitrogen and oxygen atoms in total. The molecule has 112 valence electrons. The summed E-state index contributed by atoms with van der Waals surface area (Å²) in [7, 11) is 0. The predicted octanol–water partition coefficient (Wildman–Crippen LogP) is 1.83. The second-order valence-corrected chi connectivity index (χ2v) is 5.65. The number of nitrogens with zero attached hydrogens (tertiary/aromatic N) is 2. The Hall–Kier alpha value is -1.82. The average Bonchev–Trinajstić information content (AvgIpc) is 2.28. The highest BCUT2D eigenvalue weighted by Crippen LogP contribution is 2.15. The van der Waals surface area contributed by atoms with Crippen LogP contribution in [0.4, 0.5) is 10.6 Å². The lowest BCUT2D eigenvalue weighted by molar-refractivity contribution is -0.591. The molecule has 0 aromatic carbocycles. The molecule has 1 rings (SSSR count). The van der Waals surface area contributed by atoms with Crippen molar-refractivity contribution in [2.75, 3.05) is 11.4 Å². The minimum Gasteiger partial charge on any atom is -0.711 e. The average molecular weight is 282 g/mol. The molecule has 1 unspecified atom stereocenters. The van der Waals surface area contributed by atoms with Crippen LogP contribution in [0.25, 0.3) is 0 Å². The van der Waals surface area contributed by atoms with Gasteiger partial charge >= 0.3 is 6.09 Å². The van der Waals surface area contributed by atoms with Crippen molar-refractivity contribution in [2.24, 2.45) is 0 Å². The number of amides is 1. The SMILES string of the molecule is CC(O)CCN(C(=O)OC(C)(C)C)c1cccc[n+]1[O-]. The van der Waals surface area contributed by atoms with E-state index in [-0.39, 0.29) is 12.4 Å². The number of pyridine rings is 1. The van der Waals surface area contributed by atoms with E-state index in [4.69, 9.17) is 4.74 Å². The summed E-state index contributed by atoms with van der Waals surface area (Å²) < 4.78 is 5.90. The number of rotatable bonds is 4. The van der Waals surface area contributed by atoms with Gasteiger partial charge in [0.1, 0.15) is 5.60 Å². The molecule has 1 aromatic heterocycles. The van der Waals surface area contributed by atoms with Crippen LogP contribution in [0, 0.1) is 5.21 Å². The molecular weight excluding hydrogens is 260 g/mol. The van der Waals surface area contributed by atoms with Gasteiger partial charge in [-0.3, -0.25) is 0 Å². The van der Waals surface area contributed by atoms with Gasteiger partial charge < -0.3 is 15.1 Å². The molecule has 1 N–H and O–H groups in total. The van der Waals surface area contributed by atoms with E-state index in [0.717, 1.165) is 0 Å². The van der Waals surface area contributed by atoms with E-state index >= 15 is 0 Å². The first-order chi connectivity index (χ1) is 9.20. The Kier molecular flexibility index (Phi) is 5.33. The van der Waals surface area contributed by atoms with Gasteiger partial charge in [-0.05, 0) is 33.8 Å². The van der Waals surface area contributed by atoms with Gasteiger partial charge in [-0.1, -0.05) is 6.07 Å². The molecule has 0 radical (unpaired) electrons. The minimum atomic E-state index is -0.650. The molecular formula is C14H22N2O4. The third-order valence-electron chi connectivity index (χ3n) is 2.46. The van der Waals surface area contributed by atoms with Crippen LogP contribution in [0.3, 0.4) is 0 Å². The fourth-order valence-corrected chi connectivity index (χ4v) is 1.56. The highest BCUT2D eigenvalue weighted by molar-refractivity contribution is 5.85. The summed E-state index contributed by atoms with van der Waals surface area (Å²) in [6.45, 7) is 7.11. The van der Waals surface area contributed by atoms with Gasteiger partial charge in [0.05, 0.1) is 18.8 Å². The number of ether oxygens (including phenoxy) is 1. The van der Waals surface area contributed by atoms with Crippen molar-refractivity contribution in [3.63, 3.8) is 0 Å². The van der Waals surface area contributed by atoms with Crippen molar-refractivity contribution >= 4 is 11.9 Å². The van der Waals surface area contributed by atoms with E-state index in [1.165, 1.54) is 11.1 Å². The van der Waals surface area contributed by atoms with Crippen LogP contribution in [0.15, 0.2) is 24.4 Å². The lowest BCUT2D eigenvalue weighted by atomic mass is 10.2. The number of carbonyl (C=O) groups is 1. The normalized spacial score (nSPS) is 12.8. The van der Waals surface area contributed by atoms with Crippen LogP contribution in [-0.2, 0) is 4.74 Å². The van der Waals surface area contributed by atoms with Gasteiger partial charge in [0.15, 0.2) is 0 Å². The molecule has 0 saturated carbocycles. The third kappa shape index (κ3) is 5.05. The molecule has 0 aliphatic carbocycles. The molecule has 1 aromatic rings. The van der Waals surface area contributed by atoms with Crippen LogP contribution in [0.5, 0.6) is 0 Å². The summed E-state index contributed by atoms with van der Waals surface area (Å²) in [6.07, 6.45) is 0.501. The lowest BCUT2D eigenvalue weighted by Crippen LogP contribution is -2.44. The zero-order valence-electron chi connectivity index (χ0n) is 12.4. The Labute approximate surface area is 119 Å². The maximum atomic E-state index is 12.2. The maximum Gasteiger partial charge on any atom is 0.507 e. The fourth-order valence-electron chi connectivity index (χ4n) is 1.56. The van der Waals surface area contributed by atoms with E-state index in [2.05, 4.69) is 0 Å². The highest BCUT2D eigenvalue weighted by Gasteiger charge is 2.31. The minimum absolute atomic E-state index is 0.183. The molecule has 0 saturated heterocycles. The van der Waals surface area contributed by atoms with E-state index in [1.54, 1.807) is 45.9 Å². The van der Waals surface area contributed by atoms with Gasteiger partial charge in [0.2, 0.25) is 0 Å². The first-order valence-corrected chi connectivity index (χ1v) is 6.57. The Morgan fingerprint density at radius 1 is 1.50 bits per heavy atom. The highest BCUT2D eigenvalue weighted by atomic mass is 16.6.